The summed E-state index contributed by atoms with van der Waals surface area (Å²) in [5, 5.41) is 9.04. The van der Waals surface area contributed by atoms with Crippen molar-refractivity contribution in [3.8, 4) is 5.75 Å². The molecule has 18 heavy (non-hydrogen) atoms. The molecule has 1 saturated heterocycles. The van der Waals surface area contributed by atoms with Crippen LogP contribution < -0.4 is 9.64 Å². The van der Waals surface area contributed by atoms with Gasteiger partial charge in [0, 0.05) is 12.3 Å². The first-order valence-electron chi connectivity index (χ1n) is 5.91. The average Bonchev–Trinajstić information content (AvgIpc) is 2.40. The molecule has 1 N–H and O–H groups in total. The summed E-state index contributed by atoms with van der Waals surface area (Å²) in [6, 6.07) is 7.20. The van der Waals surface area contributed by atoms with Crippen LogP contribution in [-0.2, 0) is 9.53 Å². The molecular weight excluding hydrogens is 234 g/mol. The summed E-state index contributed by atoms with van der Waals surface area (Å²) < 4.78 is 10.3. The molecule has 2 rings (SSSR count). The number of nitrogens with zero attached hydrogens (tertiary/aromatic N) is 1. The molecule has 98 valence electrons. The third-order valence-electron chi connectivity index (χ3n) is 2.98. The smallest absolute Gasteiger partial charge is 0.253 e. The summed E-state index contributed by atoms with van der Waals surface area (Å²) in [4.78, 5) is 13.6. The fraction of sp³-hybridized carbons (Fsp3) is 0.462. The maximum Gasteiger partial charge on any atom is 0.253 e. The van der Waals surface area contributed by atoms with Gasteiger partial charge in [-0.3, -0.25) is 4.79 Å². The molecule has 1 aliphatic rings. The molecule has 0 aromatic heterocycles. The summed E-state index contributed by atoms with van der Waals surface area (Å²) >= 11 is 0. The standard InChI is InChI=1S/C13H17NO4/c1-17-12-4-2-10(3-5-12)14-11(6-7-15)8-18-9-13(14)16/h2-5,11,15H,6-9H2,1H3. The number of methoxy groups -OCH3 is 1. The molecule has 0 aliphatic carbocycles. The van der Waals surface area contributed by atoms with Crippen molar-refractivity contribution < 1.29 is 19.4 Å². The highest BCUT2D eigenvalue weighted by atomic mass is 16.5. The van der Waals surface area contributed by atoms with Crippen LogP contribution in [0.2, 0.25) is 0 Å². The molecule has 0 saturated carbocycles. The monoisotopic (exact) mass is 251 g/mol. The summed E-state index contributed by atoms with van der Waals surface area (Å²) in [7, 11) is 1.60. The Hall–Kier alpha value is -1.59. The Morgan fingerprint density at radius 2 is 2.17 bits per heavy atom. The van der Waals surface area contributed by atoms with Crippen LogP contribution in [0.25, 0.3) is 0 Å². The minimum Gasteiger partial charge on any atom is -0.497 e. The van der Waals surface area contributed by atoms with Gasteiger partial charge in [0.1, 0.15) is 12.4 Å². The lowest BCUT2D eigenvalue weighted by Crippen LogP contribution is -2.50. The average molecular weight is 251 g/mol. The van der Waals surface area contributed by atoms with E-state index in [9.17, 15) is 4.79 Å². The number of hydrogen-bond acceptors (Lipinski definition) is 4. The number of hydrogen-bond donors (Lipinski definition) is 1. The molecule has 1 aromatic rings. The first-order valence-corrected chi connectivity index (χ1v) is 5.91. The van der Waals surface area contributed by atoms with E-state index in [2.05, 4.69) is 0 Å². The summed E-state index contributed by atoms with van der Waals surface area (Å²) in [6.45, 7) is 0.584. The van der Waals surface area contributed by atoms with Crippen LogP contribution in [0.4, 0.5) is 5.69 Å². The number of morpholine rings is 1. The topological polar surface area (TPSA) is 59.0 Å². The van der Waals surface area contributed by atoms with E-state index in [0.717, 1.165) is 11.4 Å². The van der Waals surface area contributed by atoms with Gasteiger partial charge >= 0.3 is 0 Å². The van der Waals surface area contributed by atoms with Crippen molar-refractivity contribution in [1.29, 1.82) is 0 Å². The Labute approximate surface area is 106 Å². The number of benzene rings is 1. The van der Waals surface area contributed by atoms with Crippen molar-refractivity contribution in [1.82, 2.24) is 0 Å². The van der Waals surface area contributed by atoms with Gasteiger partial charge in [0.25, 0.3) is 5.91 Å². The van der Waals surface area contributed by atoms with E-state index in [-0.39, 0.29) is 25.2 Å². The van der Waals surface area contributed by atoms with E-state index < -0.39 is 0 Å². The normalized spacial score (nSPS) is 20.0. The molecule has 1 aromatic carbocycles. The lowest BCUT2D eigenvalue weighted by molar-refractivity contribution is -0.127. The van der Waals surface area contributed by atoms with Crippen LogP contribution in [0.1, 0.15) is 6.42 Å². The van der Waals surface area contributed by atoms with Gasteiger partial charge in [-0.15, -0.1) is 0 Å². The third-order valence-corrected chi connectivity index (χ3v) is 2.98. The molecule has 1 fully saturated rings. The van der Waals surface area contributed by atoms with Gasteiger partial charge in [0.05, 0.1) is 19.8 Å². The Balaban J connectivity index is 2.22. The number of carbonyl (C=O) groups excluding carboxylic acids is 1. The van der Waals surface area contributed by atoms with Crippen LogP contribution in [0.3, 0.4) is 0 Å². The number of aliphatic hydroxyl groups excluding tert-OH is 1. The zero-order chi connectivity index (χ0) is 13.0. The van der Waals surface area contributed by atoms with Crippen LogP contribution in [-0.4, -0.2) is 44.0 Å². The summed E-state index contributed by atoms with van der Waals surface area (Å²) in [5.74, 6) is 0.669. The molecule has 1 unspecified atom stereocenters. The van der Waals surface area contributed by atoms with Crippen molar-refractivity contribution in [2.24, 2.45) is 0 Å². The van der Waals surface area contributed by atoms with Gasteiger partial charge in [0.2, 0.25) is 0 Å². The zero-order valence-corrected chi connectivity index (χ0v) is 10.3. The van der Waals surface area contributed by atoms with E-state index in [1.165, 1.54) is 0 Å². The lowest BCUT2D eigenvalue weighted by Gasteiger charge is -2.35. The highest BCUT2D eigenvalue weighted by Crippen LogP contribution is 2.24. The molecule has 1 aliphatic heterocycles. The van der Waals surface area contributed by atoms with Gasteiger partial charge in [-0.1, -0.05) is 0 Å². The van der Waals surface area contributed by atoms with Crippen molar-refractivity contribution in [3.05, 3.63) is 24.3 Å². The van der Waals surface area contributed by atoms with Crippen molar-refractivity contribution in [2.75, 3.05) is 31.8 Å². The van der Waals surface area contributed by atoms with Crippen LogP contribution in [0, 0.1) is 0 Å². The molecule has 5 nitrogen and oxygen atoms in total. The van der Waals surface area contributed by atoms with Crippen LogP contribution in [0.5, 0.6) is 5.75 Å². The quantitative estimate of drug-likeness (QED) is 0.860. The SMILES string of the molecule is COc1ccc(N2C(=O)COCC2CCO)cc1. The van der Waals surface area contributed by atoms with Gasteiger partial charge in [-0.2, -0.15) is 0 Å². The predicted octanol–water partition coefficient (Wildman–Crippen LogP) is 0.809. The summed E-state index contributed by atoms with van der Waals surface area (Å²) in [6.07, 6.45) is 0.512. The molecule has 0 spiro atoms. The van der Waals surface area contributed by atoms with Crippen LogP contribution in [0.15, 0.2) is 24.3 Å². The number of amides is 1. The number of ether oxygens (including phenoxy) is 2. The zero-order valence-electron chi connectivity index (χ0n) is 10.3. The van der Waals surface area contributed by atoms with Crippen molar-refractivity contribution in [2.45, 2.75) is 12.5 Å². The number of rotatable bonds is 4. The van der Waals surface area contributed by atoms with Gasteiger partial charge < -0.3 is 19.5 Å². The number of aliphatic hydroxyl groups is 1. The number of carbonyl (C=O) groups is 1. The van der Waals surface area contributed by atoms with Gasteiger partial charge in [-0.25, -0.2) is 0 Å². The maximum atomic E-state index is 11.9. The first-order chi connectivity index (χ1) is 8.76. The third kappa shape index (κ3) is 2.63. The molecule has 1 amide bonds. The maximum absolute atomic E-state index is 11.9. The van der Waals surface area contributed by atoms with E-state index >= 15 is 0 Å². The predicted molar refractivity (Wildman–Crippen MR) is 66.8 cm³/mol. The van der Waals surface area contributed by atoms with Gasteiger partial charge in [-0.05, 0) is 30.7 Å². The van der Waals surface area contributed by atoms with E-state index in [4.69, 9.17) is 14.6 Å². The first kappa shape index (κ1) is 12.9. The Kier molecular flexibility index (Phi) is 4.17. The highest BCUT2D eigenvalue weighted by Gasteiger charge is 2.29. The molecule has 0 bridgehead atoms. The largest absolute Gasteiger partial charge is 0.497 e. The highest BCUT2D eigenvalue weighted by molar-refractivity contribution is 5.95. The second-order valence-corrected chi connectivity index (χ2v) is 4.14. The minimum atomic E-state index is -0.107. The fourth-order valence-electron chi connectivity index (χ4n) is 2.09. The Morgan fingerprint density at radius 1 is 1.44 bits per heavy atom. The molecule has 1 heterocycles. The fourth-order valence-corrected chi connectivity index (χ4v) is 2.09. The lowest BCUT2D eigenvalue weighted by atomic mass is 10.1. The summed E-state index contributed by atoms with van der Waals surface area (Å²) in [5.41, 5.74) is 0.808. The molecule has 5 heteroatoms. The van der Waals surface area contributed by atoms with E-state index in [1.807, 2.05) is 24.3 Å². The van der Waals surface area contributed by atoms with Crippen molar-refractivity contribution in [3.63, 3.8) is 0 Å². The van der Waals surface area contributed by atoms with E-state index in [1.54, 1.807) is 12.0 Å². The molecule has 0 radical (unpaired) electrons. The van der Waals surface area contributed by atoms with Gasteiger partial charge in [0.15, 0.2) is 0 Å². The second-order valence-electron chi connectivity index (χ2n) is 4.14. The Morgan fingerprint density at radius 3 is 2.78 bits per heavy atom. The Bertz CT molecular complexity index is 402. The number of anilines is 1. The minimum absolute atomic E-state index is 0.0357. The second kappa shape index (κ2) is 5.84. The van der Waals surface area contributed by atoms with Crippen molar-refractivity contribution >= 4 is 11.6 Å². The molecule has 1 atom stereocenters. The molecular formula is C13H17NO4. The van der Waals surface area contributed by atoms with Crippen LogP contribution >= 0.6 is 0 Å². The van der Waals surface area contributed by atoms with E-state index in [0.29, 0.717) is 13.0 Å².